The molecule has 6 rings (SSSR count). The lowest BCUT2D eigenvalue weighted by Gasteiger charge is -2.49. The summed E-state index contributed by atoms with van der Waals surface area (Å²) < 4.78 is 0. The molecule has 1 saturated carbocycles. The molecule has 1 aromatic heterocycles. The first kappa shape index (κ1) is 17.5. The molecular formula is C26H28N2O. The Balaban J connectivity index is 1.28. The first-order valence-electron chi connectivity index (χ1n) is 11.0. The van der Waals surface area contributed by atoms with Gasteiger partial charge in [0.15, 0.2) is 0 Å². The first-order valence-corrected chi connectivity index (χ1v) is 11.0. The molecule has 1 saturated heterocycles. The summed E-state index contributed by atoms with van der Waals surface area (Å²) in [7, 11) is 0. The second-order valence-corrected chi connectivity index (χ2v) is 9.16. The number of rotatable bonds is 1. The molecule has 0 bridgehead atoms. The summed E-state index contributed by atoms with van der Waals surface area (Å²) in [5, 5.41) is 12.3. The molecule has 0 spiro atoms. The van der Waals surface area contributed by atoms with Crippen molar-refractivity contribution in [1.82, 2.24) is 9.88 Å². The molecule has 1 unspecified atom stereocenters. The maximum absolute atomic E-state index is 10.9. The fourth-order valence-corrected chi connectivity index (χ4v) is 6.10. The second kappa shape index (κ2) is 6.86. The molecule has 1 aliphatic carbocycles. The van der Waals surface area contributed by atoms with Crippen LogP contribution in [0.25, 0.3) is 17.0 Å². The highest BCUT2D eigenvalue weighted by molar-refractivity contribution is 5.85. The van der Waals surface area contributed by atoms with E-state index in [1.54, 1.807) is 0 Å². The van der Waals surface area contributed by atoms with Crippen LogP contribution in [0.5, 0.6) is 0 Å². The van der Waals surface area contributed by atoms with Crippen LogP contribution < -0.4 is 0 Å². The van der Waals surface area contributed by atoms with Crippen molar-refractivity contribution in [2.75, 3.05) is 13.1 Å². The van der Waals surface area contributed by atoms with Crippen LogP contribution in [0.15, 0.2) is 60.2 Å². The molecule has 2 aromatic carbocycles. The highest BCUT2D eigenvalue weighted by atomic mass is 16.3. The van der Waals surface area contributed by atoms with Crippen LogP contribution in [0.4, 0.5) is 0 Å². The number of aromatic amines is 1. The number of aliphatic hydroxyl groups is 1. The zero-order valence-electron chi connectivity index (χ0n) is 16.7. The van der Waals surface area contributed by atoms with Gasteiger partial charge in [-0.3, -0.25) is 4.90 Å². The van der Waals surface area contributed by atoms with Crippen molar-refractivity contribution in [2.24, 2.45) is 11.8 Å². The van der Waals surface area contributed by atoms with Crippen molar-refractivity contribution in [1.29, 1.82) is 0 Å². The monoisotopic (exact) mass is 384 g/mol. The second-order valence-electron chi connectivity index (χ2n) is 9.16. The molecule has 148 valence electrons. The minimum Gasteiger partial charge on any atom is -0.389 e. The van der Waals surface area contributed by atoms with Crippen molar-refractivity contribution >= 4 is 17.0 Å². The summed E-state index contributed by atoms with van der Waals surface area (Å²) in [5.41, 5.74) is 6.67. The largest absolute Gasteiger partial charge is 0.389 e. The lowest BCUT2D eigenvalue weighted by atomic mass is 9.68. The van der Waals surface area contributed by atoms with E-state index in [-0.39, 0.29) is 6.10 Å². The lowest BCUT2D eigenvalue weighted by molar-refractivity contribution is 0.0122. The molecule has 4 atom stereocenters. The summed E-state index contributed by atoms with van der Waals surface area (Å²) in [6.45, 7) is 2.31. The van der Waals surface area contributed by atoms with E-state index in [2.05, 4.69) is 64.5 Å². The predicted octanol–water partition coefficient (Wildman–Crippen LogP) is 4.94. The van der Waals surface area contributed by atoms with Crippen LogP contribution in [-0.2, 0) is 6.42 Å². The number of nitrogens with zero attached hydrogens (tertiary/aromatic N) is 1. The fourth-order valence-electron chi connectivity index (χ4n) is 6.10. The Hall–Kier alpha value is -2.36. The van der Waals surface area contributed by atoms with Gasteiger partial charge >= 0.3 is 0 Å². The zero-order valence-corrected chi connectivity index (χ0v) is 16.7. The van der Waals surface area contributed by atoms with Crippen molar-refractivity contribution in [3.63, 3.8) is 0 Å². The van der Waals surface area contributed by atoms with E-state index >= 15 is 0 Å². The Labute approximate surface area is 172 Å². The van der Waals surface area contributed by atoms with Crippen molar-refractivity contribution < 1.29 is 5.11 Å². The minimum atomic E-state index is -0.297. The fraction of sp³-hybridized carbons (Fsp3) is 0.385. The molecule has 0 radical (unpaired) electrons. The van der Waals surface area contributed by atoms with Gasteiger partial charge in [-0.1, -0.05) is 54.6 Å². The number of aliphatic hydroxyl groups excluding tert-OH is 1. The molecular weight excluding hydrogens is 356 g/mol. The quantitative estimate of drug-likeness (QED) is 0.624. The SMILES string of the molecule is OC1C[C@H]2C[C@H]3c4[nH]c5ccccc5c4CCN3C[C@@H]2C/C1=C/c1ccccc1. The molecule has 3 aromatic rings. The maximum Gasteiger partial charge on any atom is 0.0756 e. The van der Waals surface area contributed by atoms with Gasteiger partial charge in [0.2, 0.25) is 0 Å². The summed E-state index contributed by atoms with van der Waals surface area (Å²) >= 11 is 0. The van der Waals surface area contributed by atoms with E-state index in [4.69, 9.17) is 0 Å². The highest BCUT2D eigenvalue weighted by Crippen LogP contribution is 2.48. The highest BCUT2D eigenvalue weighted by Gasteiger charge is 2.43. The van der Waals surface area contributed by atoms with Crippen molar-refractivity contribution in [2.45, 2.75) is 37.8 Å². The van der Waals surface area contributed by atoms with Gasteiger partial charge in [-0.2, -0.15) is 0 Å². The average molecular weight is 385 g/mol. The summed E-state index contributed by atoms with van der Waals surface area (Å²) in [4.78, 5) is 6.45. The van der Waals surface area contributed by atoms with Gasteiger partial charge in [0, 0.05) is 29.7 Å². The Morgan fingerprint density at radius 3 is 2.69 bits per heavy atom. The lowest BCUT2D eigenvalue weighted by Crippen LogP contribution is -2.48. The average Bonchev–Trinajstić information content (AvgIpc) is 3.13. The van der Waals surface area contributed by atoms with Gasteiger partial charge in [-0.05, 0) is 60.3 Å². The molecule has 3 heterocycles. The van der Waals surface area contributed by atoms with Crippen molar-refractivity contribution in [3.05, 3.63) is 77.0 Å². The first-order chi connectivity index (χ1) is 14.3. The minimum absolute atomic E-state index is 0.297. The number of piperidine rings is 1. The van der Waals surface area contributed by atoms with Gasteiger partial charge in [-0.25, -0.2) is 0 Å². The van der Waals surface area contributed by atoms with E-state index in [0.29, 0.717) is 17.9 Å². The number of fused-ring (bicyclic) bond motifs is 6. The van der Waals surface area contributed by atoms with E-state index in [1.807, 2.05) is 6.07 Å². The third kappa shape index (κ3) is 2.95. The van der Waals surface area contributed by atoms with Crippen LogP contribution >= 0.6 is 0 Å². The normalized spacial score (nSPS) is 30.7. The molecule has 0 amide bonds. The Morgan fingerprint density at radius 1 is 0.966 bits per heavy atom. The van der Waals surface area contributed by atoms with E-state index in [0.717, 1.165) is 32.4 Å². The Morgan fingerprint density at radius 2 is 1.79 bits per heavy atom. The third-order valence-corrected chi connectivity index (χ3v) is 7.53. The summed E-state index contributed by atoms with van der Waals surface area (Å²) in [6, 6.07) is 19.7. The van der Waals surface area contributed by atoms with Crippen LogP contribution in [0.2, 0.25) is 0 Å². The molecule has 3 aliphatic rings. The number of hydrogen-bond donors (Lipinski definition) is 2. The summed E-state index contributed by atoms with van der Waals surface area (Å²) in [6.07, 6.45) is 6.17. The predicted molar refractivity (Wildman–Crippen MR) is 118 cm³/mol. The zero-order chi connectivity index (χ0) is 19.4. The molecule has 2 aliphatic heterocycles. The van der Waals surface area contributed by atoms with Crippen LogP contribution in [0, 0.1) is 11.8 Å². The number of aromatic nitrogens is 1. The smallest absolute Gasteiger partial charge is 0.0756 e. The molecule has 3 heteroatoms. The Kier molecular flexibility index (Phi) is 4.14. The standard InChI is InChI=1S/C26H28N2O/c29-25-15-18-14-24-26-22(21-8-4-5-9-23(21)27-26)10-11-28(24)16-20(18)13-19(25)12-17-6-2-1-3-7-17/h1-9,12,18,20,24-25,27,29H,10-11,13-16H2/b19-12-/t18-,20+,24+,25?/m1/s1. The molecule has 2 fully saturated rings. The third-order valence-electron chi connectivity index (χ3n) is 7.53. The number of benzene rings is 2. The number of nitrogens with one attached hydrogen (secondary N) is 1. The van der Waals surface area contributed by atoms with Crippen LogP contribution in [0.3, 0.4) is 0 Å². The molecule has 29 heavy (non-hydrogen) atoms. The van der Waals surface area contributed by atoms with E-state index in [9.17, 15) is 5.11 Å². The van der Waals surface area contributed by atoms with Gasteiger partial charge in [0.1, 0.15) is 0 Å². The van der Waals surface area contributed by atoms with Gasteiger partial charge < -0.3 is 10.1 Å². The summed E-state index contributed by atoms with van der Waals surface area (Å²) in [5.74, 6) is 1.27. The van der Waals surface area contributed by atoms with E-state index in [1.165, 1.54) is 39.7 Å². The van der Waals surface area contributed by atoms with Crippen molar-refractivity contribution in [3.8, 4) is 0 Å². The van der Waals surface area contributed by atoms with Gasteiger partial charge in [0.05, 0.1) is 12.1 Å². The van der Waals surface area contributed by atoms with Gasteiger partial charge in [0.25, 0.3) is 0 Å². The maximum atomic E-state index is 10.9. The van der Waals surface area contributed by atoms with E-state index < -0.39 is 0 Å². The van der Waals surface area contributed by atoms with Crippen LogP contribution in [0.1, 0.15) is 42.1 Å². The number of hydrogen-bond acceptors (Lipinski definition) is 2. The molecule has 3 nitrogen and oxygen atoms in total. The molecule has 2 N–H and O–H groups in total. The number of para-hydroxylation sites is 1. The topological polar surface area (TPSA) is 39.3 Å². The van der Waals surface area contributed by atoms with Gasteiger partial charge in [-0.15, -0.1) is 0 Å². The Bertz CT molecular complexity index is 1070. The van der Waals surface area contributed by atoms with Crippen LogP contribution in [-0.4, -0.2) is 34.2 Å². The number of H-pyrrole nitrogens is 1.